The molecule has 126 valence electrons. The van der Waals surface area contributed by atoms with Gasteiger partial charge in [0.2, 0.25) is 10.0 Å². The quantitative estimate of drug-likeness (QED) is 0.700. The van der Waals surface area contributed by atoms with Crippen molar-refractivity contribution in [1.29, 1.82) is 0 Å². The minimum absolute atomic E-state index is 0.555. The van der Waals surface area contributed by atoms with E-state index in [9.17, 15) is 17.2 Å². The van der Waals surface area contributed by atoms with Crippen molar-refractivity contribution in [2.24, 2.45) is 0 Å². The van der Waals surface area contributed by atoms with E-state index in [0.29, 0.717) is 5.01 Å². The van der Waals surface area contributed by atoms with Crippen LogP contribution in [-0.2, 0) is 10.0 Å². The summed E-state index contributed by atoms with van der Waals surface area (Å²) in [6.45, 7) is 1.63. The zero-order valence-corrected chi connectivity index (χ0v) is 14.5. The molecule has 1 heterocycles. The van der Waals surface area contributed by atoms with Gasteiger partial charge < -0.3 is 0 Å². The molecule has 24 heavy (non-hydrogen) atoms. The Morgan fingerprint density at radius 3 is 2.33 bits per heavy atom. The molecule has 0 saturated carbocycles. The lowest BCUT2D eigenvalue weighted by Gasteiger charge is -2.23. The second-order valence-corrected chi connectivity index (χ2v) is 8.26. The number of sulfonamides is 1. The van der Waals surface area contributed by atoms with Crippen LogP contribution in [0.2, 0.25) is 0 Å². The maximum atomic E-state index is 13.9. The predicted molar refractivity (Wildman–Crippen MR) is 89.3 cm³/mol. The van der Waals surface area contributed by atoms with Crippen LogP contribution in [0.1, 0.15) is 18.0 Å². The topological polar surface area (TPSA) is 50.3 Å². The number of halogens is 2. The van der Waals surface area contributed by atoms with Gasteiger partial charge in [0.1, 0.15) is 16.6 Å². The molecule has 3 aromatic rings. The molecule has 0 aliphatic carbocycles. The van der Waals surface area contributed by atoms with Gasteiger partial charge in [-0.25, -0.2) is 22.2 Å². The van der Waals surface area contributed by atoms with Crippen LogP contribution >= 0.6 is 11.3 Å². The van der Waals surface area contributed by atoms with Gasteiger partial charge in [0, 0.05) is 7.05 Å². The van der Waals surface area contributed by atoms with Gasteiger partial charge in [-0.3, -0.25) is 0 Å². The summed E-state index contributed by atoms with van der Waals surface area (Å²) < 4.78 is 54.9. The van der Waals surface area contributed by atoms with E-state index in [1.54, 1.807) is 6.92 Å². The van der Waals surface area contributed by atoms with Gasteiger partial charge in [-0.2, -0.15) is 4.31 Å². The van der Waals surface area contributed by atoms with Crippen LogP contribution in [0.25, 0.3) is 10.2 Å². The fourth-order valence-corrected chi connectivity index (χ4v) is 4.87. The molecule has 1 atom stereocenters. The first-order valence-electron chi connectivity index (χ1n) is 7.10. The first-order valence-corrected chi connectivity index (χ1v) is 9.35. The number of nitrogens with zero attached hydrogens (tertiary/aromatic N) is 2. The Morgan fingerprint density at radius 2 is 1.71 bits per heavy atom. The molecular formula is C16H14F2N2O2S2. The van der Waals surface area contributed by atoms with E-state index in [-0.39, 0.29) is 0 Å². The van der Waals surface area contributed by atoms with Crippen LogP contribution in [-0.4, -0.2) is 24.8 Å². The first-order chi connectivity index (χ1) is 11.3. The highest BCUT2D eigenvalue weighted by molar-refractivity contribution is 7.89. The SMILES string of the molecule is C[C@H](c1nc2ccccc2s1)N(C)S(=O)(=O)c1c(F)cccc1F. The third-order valence-corrected chi connectivity index (χ3v) is 6.96. The molecule has 1 aromatic heterocycles. The van der Waals surface area contributed by atoms with Crippen molar-refractivity contribution in [2.45, 2.75) is 17.9 Å². The minimum Gasteiger partial charge on any atom is -0.239 e. The number of thiazole rings is 1. The van der Waals surface area contributed by atoms with E-state index in [2.05, 4.69) is 4.98 Å². The summed E-state index contributed by atoms with van der Waals surface area (Å²) in [4.78, 5) is 3.47. The van der Waals surface area contributed by atoms with Crippen molar-refractivity contribution in [1.82, 2.24) is 9.29 Å². The van der Waals surface area contributed by atoms with Crippen LogP contribution in [0.15, 0.2) is 47.4 Å². The summed E-state index contributed by atoms with van der Waals surface area (Å²) >= 11 is 1.35. The third-order valence-electron chi connectivity index (χ3n) is 3.77. The Morgan fingerprint density at radius 1 is 1.08 bits per heavy atom. The highest BCUT2D eigenvalue weighted by Gasteiger charge is 2.32. The second-order valence-electron chi connectivity index (χ2n) is 5.27. The lowest BCUT2D eigenvalue weighted by molar-refractivity contribution is 0.390. The second kappa shape index (κ2) is 6.19. The third kappa shape index (κ3) is 2.81. The van der Waals surface area contributed by atoms with Gasteiger partial charge in [-0.1, -0.05) is 18.2 Å². The number of hydrogen-bond acceptors (Lipinski definition) is 4. The summed E-state index contributed by atoms with van der Waals surface area (Å²) in [6, 6.07) is 9.72. The Balaban J connectivity index is 2.02. The zero-order valence-electron chi connectivity index (χ0n) is 12.9. The normalized spacial score (nSPS) is 13.5. The lowest BCUT2D eigenvalue weighted by atomic mass is 10.3. The minimum atomic E-state index is -4.34. The summed E-state index contributed by atoms with van der Waals surface area (Å²) in [7, 11) is -3.05. The lowest BCUT2D eigenvalue weighted by Crippen LogP contribution is -2.31. The Hall–Kier alpha value is -1.90. The number of fused-ring (bicyclic) bond motifs is 1. The average molecular weight is 368 g/mol. The molecule has 0 aliphatic heterocycles. The van der Waals surface area contributed by atoms with E-state index in [0.717, 1.165) is 32.7 Å². The monoisotopic (exact) mass is 368 g/mol. The molecule has 4 nitrogen and oxygen atoms in total. The molecule has 0 amide bonds. The smallest absolute Gasteiger partial charge is 0.239 e. The Bertz CT molecular complexity index is 949. The van der Waals surface area contributed by atoms with Crippen molar-refractivity contribution in [3.8, 4) is 0 Å². The van der Waals surface area contributed by atoms with E-state index < -0.39 is 32.6 Å². The average Bonchev–Trinajstić information content (AvgIpc) is 2.97. The van der Waals surface area contributed by atoms with Gasteiger partial charge in [-0.05, 0) is 31.2 Å². The first kappa shape index (κ1) is 16.9. The molecule has 2 aromatic carbocycles. The van der Waals surface area contributed by atoms with Crippen molar-refractivity contribution < 1.29 is 17.2 Å². The molecule has 0 spiro atoms. The maximum absolute atomic E-state index is 13.9. The molecular weight excluding hydrogens is 354 g/mol. The van der Waals surface area contributed by atoms with Gasteiger partial charge in [-0.15, -0.1) is 11.3 Å². The molecule has 0 saturated heterocycles. The van der Waals surface area contributed by atoms with Crippen LogP contribution in [0.3, 0.4) is 0 Å². The van der Waals surface area contributed by atoms with E-state index in [1.165, 1.54) is 18.4 Å². The van der Waals surface area contributed by atoms with Gasteiger partial charge in [0.25, 0.3) is 0 Å². The number of para-hydroxylation sites is 1. The molecule has 8 heteroatoms. The largest absolute Gasteiger partial charge is 0.249 e. The number of benzene rings is 2. The molecule has 0 N–H and O–H groups in total. The molecule has 0 unspecified atom stereocenters. The van der Waals surface area contributed by atoms with Crippen LogP contribution < -0.4 is 0 Å². The maximum Gasteiger partial charge on any atom is 0.249 e. The van der Waals surface area contributed by atoms with Crippen molar-refractivity contribution >= 4 is 31.6 Å². The van der Waals surface area contributed by atoms with E-state index in [1.807, 2.05) is 24.3 Å². The van der Waals surface area contributed by atoms with E-state index >= 15 is 0 Å². The highest BCUT2D eigenvalue weighted by Crippen LogP contribution is 2.32. The molecule has 3 rings (SSSR count). The van der Waals surface area contributed by atoms with Crippen molar-refractivity contribution in [2.75, 3.05) is 7.05 Å². The highest BCUT2D eigenvalue weighted by atomic mass is 32.2. The summed E-state index contributed by atoms with van der Waals surface area (Å²) in [6.07, 6.45) is 0. The van der Waals surface area contributed by atoms with E-state index in [4.69, 9.17) is 0 Å². The van der Waals surface area contributed by atoms with Crippen LogP contribution in [0, 0.1) is 11.6 Å². The number of rotatable bonds is 4. The number of aromatic nitrogens is 1. The van der Waals surface area contributed by atoms with Gasteiger partial charge >= 0.3 is 0 Å². The fourth-order valence-electron chi connectivity index (χ4n) is 2.31. The van der Waals surface area contributed by atoms with Crippen molar-refractivity contribution in [3.63, 3.8) is 0 Å². The Kier molecular flexibility index (Phi) is 4.37. The molecule has 0 aliphatic rings. The molecule has 0 fully saturated rings. The van der Waals surface area contributed by atoms with Gasteiger partial charge in [0.05, 0.1) is 16.3 Å². The summed E-state index contributed by atoms with van der Waals surface area (Å²) in [5.74, 6) is -2.23. The molecule has 0 bridgehead atoms. The Labute approximate surface area is 142 Å². The fraction of sp³-hybridized carbons (Fsp3) is 0.188. The van der Waals surface area contributed by atoms with Crippen molar-refractivity contribution in [3.05, 3.63) is 59.1 Å². The van der Waals surface area contributed by atoms with Crippen LogP contribution in [0.5, 0.6) is 0 Å². The summed E-state index contributed by atoms with van der Waals surface area (Å²) in [5.41, 5.74) is 0.757. The number of hydrogen-bond donors (Lipinski definition) is 0. The van der Waals surface area contributed by atoms with Gasteiger partial charge in [0.15, 0.2) is 4.90 Å². The predicted octanol–water partition coefficient (Wildman–Crippen LogP) is 3.96. The van der Waals surface area contributed by atoms with Crippen LogP contribution in [0.4, 0.5) is 8.78 Å². The zero-order chi connectivity index (χ0) is 17.5. The summed E-state index contributed by atoms with van der Waals surface area (Å²) in [5, 5.41) is 0.555. The standard InChI is InChI=1S/C16H14F2N2O2S2/c1-10(16-19-13-8-3-4-9-14(13)23-16)20(2)24(21,22)15-11(17)6-5-7-12(15)18/h3-10H,1-2H3/t10-/m1/s1. The molecule has 0 radical (unpaired) electrons.